The Balaban J connectivity index is 1.53. The zero-order valence-corrected chi connectivity index (χ0v) is 20.8. The summed E-state index contributed by atoms with van der Waals surface area (Å²) in [6.45, 7) is 6.20. The first kappa shape index (κ1) is 24.1. The summed E-state index contributed by atoms with van der Waals surface area (Å²) in [7, 11) is 1.61. The first-order valence-corrected chi connectivity index (χ1v) is 12.0. The van der Waals surface area contributed by atoms with Crippen LogP contribution in [0.2, 0.25) is 0 Å². The summed E-state index contributed by atoms with van der Waals surface area (Å²) in [6.07, 6.45) is 6.40. The molecule has 3 heterocycles. The van der Waals surface area contributed by atoms with Gasteiger partial charge in [-0.05, 0) is 61.7 Å². The fourth-order valence-electron chi connectivity index (χ4n) is 4.91. The summed E-state index contributed by atoms with van der Waals surface area (Å²) in [4.78, 5) is 36.6. The van der Waals surface area contributed by atoms with Crippen LogP contribution >= 0.6 is 0 Å². The number of aryl methyl sites for hydroxylation is 1. The van der Waals surface area contributed by atoms with Gasteiger partial charge in [0.15, 0.2) is 0 Å². The van der Waals surface area contributed by atoms with Crippen molar-refractivity contribution in [3.63, 3.8) is 0 Å². The standard InChI is InChI=1S/C28H28N6O3/c1-4-23(35)33-13-6-9-21(33)27-32-24(25-26(29)30-12-14-34(25)27)18-7-5-8-19(16-18)28(36)31-20-10-11-22(37-3)17(2)15-20/h4-5,7-8,10-12,14-16,21H,1,6,9,13H2,2-3H3,(H2,29,30)(H,31,36)/t21-/m0/s1. The number of nitrogen functional groups attached to an aromatic ring is 1. The number of methoxy groups -OCH3 is 1. The quantitative estimate of drug-likeness (QED) is 0.383. The number of ether oxygens (including phenoxy) is 1. The largest absolute Gasteiger partial charge is 0.496 e. The van der Waals surface area contributed by atoms with E-state index in [1.165, 1.54) is 6.08 Å². The van der Waals surface area contributed by atoms with Crippen LogP contribution in [-0.2, 0) is 4.79 Å². The molecule has 1 atom stereocenters. The zero-order valence-electron chi connectivity index (χ0n) is 20.8. The number of amides is 2. The number of benzene rings is 2. The van der Waals surface area contributed by atoms with E-state index in [9.17, 15) is 9.59 Å². The molecule has 188 valence electrons. The van der Waals surface area contributed by atoms with Gasteiger partial charge in [-0.3, -0.25) is 14.0 Å². The highest BCUT2D eigenvalue weighted by Crippen LogP contribution is 2.36. The van der Waals surface area contributed by atoms with Crippen molar-refractivity contribution in [3.8, 4) is 17.0 Å². The van der Waals surface area contributed by atoms with E-state index in [1.54, 1.807) is 42.6 Å². The third-order valence-corrected chi connectivity index (χ3v) is 6.67. The van der Waals surface area contributed by atoms with Gasteiger partial charge in [0.1, 0.15) is 28.6 Å². The average Bonchev–Trinajstić information content (AvgIpc) is 3.54. The second-order valence-corrected chi connectivity index (χ2v) is 8.96. The molecule has 0 bridgehead atoms. The zero-order chi connectivity index (χ0) is 26.1. The summed E-state index contributed by atoms with van der Waals surface area (Å²) in [5.41, 5.74) is 10.3. The average molecular weight is 497 g/mol. The van der Waals surface area contributed by atoms with E-state index >= 15 is 0 Å². The minimum absolute atomic E-state index is 0.129. The van der Waals surface area contributed by atoms with Gasteiger partial charge in [0, 0.05) is 35.8 Å². The SMILES string of the molecule is C=CC(=O)N1CCC[C@H]1c1nc(-c2cccc(C(=O)Nc3ccc(OC)c(C)c3)c2)c2c(N)nccn12. The Kier molecular flexibility index (Phi) is 6.35. The lowest BCUT2D eigenvalue weighted by Crippen LogP contribution is -2.29. The highest BCUT2D eigenvalue weighted by Gasteiger charge is 2.33. The van der Waals surface area contributed by atoms with Gasteiger partial charge in [-0.25, -0.2) is 9.97 Å². The number of hydrogen-bond acceptors (Lipinski definition) is 6. The lowest BCUT2D eigenvalue weighted by molar-refractivity contribution is -0.127. The lowest BCUT2D eigenvalue weighted by Gasteiger charge is -2.22. The van der Waals surface area contributed by atoms with E-state index in [2.05, 4.69) is 16.9 Å². The molecule has 0 unspecified atom stereocenters. The molecule has 1 saturated heterocycles. The van der Waals surface area contributed by atoms with Crippen molar-refractivity contribution in [3.05, 3.63) is 84.5 Å². The molecular formula is C28H28N6O3. The van der Waals surface area contributed by atoms with Gasteiger partial charge in [0.05, 0.1) is 13.2 Å². The molecule has 3 N–H and O–H groups in total. The fourth-order valence-corrected chi connectivity index (χ4v) is 4.91. The Morgan fingerprint density at radius 3 is 2.84 bits per heavy atom. The molecule has 1 aliphatic rings. The van der Waals surface area contributed by atoms with Crippen LogP contribution in [0.25, 0.3) is 16.8 Å². The lowest BCUT2D eigenvalue weighted by atomic mass is 10.1. The number of carbonyl (C=O) groups is 2. The maximum atomic E-state index is 13.1. The molecule has 2 aromatic carbocycles. The number of fused-ring (bicyclic) bond motifs is 1. The van der Waals surface area contributed by atoms with Crippen molar-refractivity contribution in [1.29, 1.82) is 0 Å². The molecule has 0 saturated carbocycles. The van der Waals surface area contributed by atoms with Crippen LogP contribution in [0.1, 0.15) is 40.6 Å². The molecule has 5 rings (SSSR count). The van der Waals surface area contributed by atoms with Crippen molar-refractivity contribution >= 4 is 28.8 Å². The number of nitrogens with zero attached hydrogens (tertiary/aromatic N) is 4. The molecule has 2 amide bonds. The Hall–Kier alpha value is -4.66. The van der Waals surface area contributed by atoms with Crippen LogP contribution in [0.4, 0.5) is 11.5 Å². The first-order valence-electron chi connectivity index (χ1n) is 12.0. The van der Waals surface area contributed by atoms with Crippen LogP contribution in [-0.4, -0.2) is 44.7 Å². The van der Waals surface area contributed by atoms with Crippen LogP contribution in [0.15, 0.2) is 67.5 Å². The van der Waals surface area contributed by atoms with E-state index in [0.717, 1.165) is 29.7 Å². The van der Waals surface area contributed by atoms with Crippen LogP contribution in [0, 0.1) is 6.92 Å². The smallest absolute Gasteiger partial charge is 0.255 e. The molecule has 4 aromatic rings. The minimum atomic E-state index is -0.250. The van der Waals surface area contributed by atoms with E-state index in [-0.39, 0.29) is 17.9 Å². The Bertz CT molecular complexity index is 1530. The van der Waals surface area contributed by atoms with Crippen LogP contribution < -0.4 is 15.8 Å². The summed E-state index contributed by atoms with van der Waals surface area (Å²) in [5, 5.41) is 2.94. The maximum Gasteiger partial charge on any atom is 0.255 e. The third-order valence-electron chi connectivity index (χ3n) is 6.67. The maximum absolute atomic E-state index is 13.1. The molecular weight excluding hydrogens is 468 g/mol. The highest BCUT2D eigenvalue weighted by molar-refractivity contribution is 6.05. The van der Waals surface area contributed by atoms with Crippen molar-refractivity contribution in [1.82, 2.24) is 19.3 Å². The fraction of sp³-hybridized carbons (Fsp3) is 0.214. The van der Waals surface area contributed by atoms with E-state index < -0.39 is 0 Å². The number of likely N-dealkylation sites (tertiary alicyclic amines) is 1. The number of carbonyl (C=O) groups excluding carboxylic acids is 2. The van der Waals surface area contributed by atoms with E-state index in [1.807, 2.05) is 35.6 Å². The summed E-state index contributed by atoms with van der Waals surface area (Å²) < 4.78 is 7.19. The highest BCUT2D eigenvalue weighted by atomic mass is 16.5. The number of imidazole rings is 1. The van der Waals surface area contributed by atoms with Crippen LogP contribution in [0.5, 0.6) is 5.75 Å². The van der Waals surface area contributed by atoms with Gasteiger partial charge in [0.2, 0.25) is 5.91 Å². The van der Waals surface area contributed by atoms with Crippen molar-refractivity contribution in [2.75, 3.05) is 24.7 Å². The van der Waals surface area contributed by atoms with E-state index in [0.29, 0.717) is 40.6 Å². The molecule has 1 fully saturated rings. The Morgan fingerprint density at radius 2 is 2.08 bits per heavy atom. The number of aromatic nitrogens is 3. The molecule has 9 nitrogen and oxygen atoms in total. The molecule has 0 radical (unpaired) electrons. The topological polar surface area (TPSA) is 115 Å². The van der Waals surface area contributed by atoms with Gasteiger partial charge < -0.3 is 20.7 Å². The Morgan fingerprint density at radius 1 is 1.24 bits per heavy atom. The number of hydrogen-bond donors (Lipinski definition) is 2. The number of nitrogens with one attached hydrogen (secondary N) is 1. The van der Waals surface area contributed by atoms with E-state index in [4.69, 9.17) is 15.5 Å². The third kappa shape index (κ3) is 4.40. The second-order valence-electron chi connectivity index (χ2n) is 8.96. The van der Waals surface area contributed by atoms with Crippen molar-refractivity contribution in [2.45, 2.75) is 25.8 Å². The van der Waals surface area contributed by atoms with Crippen LogP contribution in [0.3, 0.4) is 0 Å². The number of anilines is 2. The van der Waals surface area contributed by atoms with Gasteiger partial charge in [-0.15, -0.1) is 0 Å². The van der Waals surface area contributed by atoms with Crippen molar-refractivity contribution < 1.29 is 14.3 Å². The monoisotopic (exact) mass is 496 g/mol. The molecule has 0 aliphatic carbocycles. The summed E-state index contributed by atoms with van der Waals surface area (Å²) in [6, 6.07) is 12.5. The van der Waals surface area contributed by atoms with Gasteiger partial charge in [-0.2, -0.15) is 0 Å². The first-order chi connectivity index (χ1) is 17.9. The van der Waals surface area contributed by atoms with Gasteiger partial charge in [-0.1, -0.05) is 18.7 Å². The number of rotatable bonds is 6. The predicted octanol–water partition coefficient (Wildman–Crippen LogP) is 4.40. The molecule has 9 heteroatoms. The molecule has 37 heavy (non-hydrogen) atoms. The minimum Gasteiger partial charge on any atom is -0.496 e. The molecule has 0 spiro atoms. The normalized spacial score (nSPS) is 15.1. The predicted molar refractivity (Wildman–Crippen MR) is 142 cm³/mol. The number of nitrogens with two attached hydrogens (primary N) is 1. The summed E-state index contributed by atoms with van der Waals surface area (Å²) >= 11 is 0. The molecule has 2 aromatic heterocycles. The van der Waals surface area contributed by atoms with Gasteiger partial charge in [0.25, 0.3) is 5.91 Å². The summed E-state index contributed by atoms with van der Waals surface area (Å²) in [5.74, 6) is 1.40. The Labute approximate surface area is 214 Å². The van der Waals surface area contributed by atoms with Crippen molar-refractivity contribution in [2.24, 2.45) is 0 Å². The van der Waals surface area contributed by atoms with Gasteiger partial charge >= 0.3 is 0 Å². The second kappa shape index (κ2) is 9.77. The molecule has 1 aliphatic heterocycles.